The van der Waals surface area contributed by atoms with Gasteiger partial charge >= 0.3 is 0 Å². The van der Waals surface area contributed by atoms with Crippen molar-refractivity contribution in [3.8, 4) is 17.1 Å². The zero-order chi connectivity index (χ0) is 18.7. The molecule has 2 heterocycles. The second kappa shape index (κ2) is 7.66. The van der Waals surface area contributed by atoms with E-state index in [0.29, 0.717) is 24.1 Å². The SMILES string of the molecule is COc1ccc(-c2noc(C3CCCN(C(=O)C(C)(C)CCl)C3)n2)cc1. The third kappa shape index (κ3) is 3.85. The molecule has 6 nitrogen and oxygen atoms in total. The van der Waals surface area contributed by atoms with Crippen LogP contribution < -0.4 is 4.74 Å². The van der Waals surface area contributed by atoms with Gasteiger partial charge in [-0.1, -0.05) is 5.16 Å². The van der Waals surface area contributed by atoms with Crippen molar-refractivity contribution in [3.05, 3.63) is 30.2 Å². The highest BCUT2D eigenvalue weighted by atomic mass is 35.5. The van der Waals surface area contributed by atoms with Gasteiger partial charge in [-0.05, 0) is 51.0 Å². The van der Waals surface area contributed by atoms with Crippen molar-refractivity contribution < 1.29 is 14.1 Å². The number of likely N-dealkylation sites (tertiary alicyclic amines) is 1. The van der Waals surface area contributed by atoms with Crippen LogP contribution >= 0.6 is 11.6 Å². The maximum atomic E-state index is 12.7. The van der Waals surface area contributed by atoms with Gasteiger partial charge in [-0.3, -0.25) is 4.79 Å². The smallest absolute Gasteiger partial charge is 0.231 e. The van der Waals surface area contributed by atoms with Crippen molar-refractivity contribution in [2.45, 2.75) is 32.6 Å². The molecule has 1 aliphatic rings. The number of methoxy groups -OCH3 is 1. The maximum Gasteiger partial charge on any atom is 0.231 e. The summed E-state index contributed by atoms with van der Waals surface area (Å²) in [6.07, 6.45) is 1.84. The third-order valence-corrected chi connectivity index (χ3v) is 5.43. The van der Waals surface area contributed by atoms with Gasteiger partial charge in [0, 0.05) is 24.5 Å². The number of carbonyl (C=O) groups is 1. The molecule has 1 aliphatic heterocycles. The molecule has 0 bridgehead atoms. The van der Waals surface area contributed by atoms with Gasteiger partial charge in [0.25, 0.3) is 0 Å². The van der Waals surface area contributed by atoms with Crippen LogP contribution in [0.4, 0.5) is 0 Å². The van der Waals surface area contributed by atoms with Gasteiger partial charge in [0.05, 0.1) is 18.4 Å². The normalized spacial score (nSPS) is 18.0. The second-order valence-corrected chi connectivity index (χ2v) is 7.56. The van der Waals surface area contributed by atoms with Gasteiger partial charge in [0.1, 0.15) is 5.75 Å². The van der Waals surface area contributed by atoms with E-state index in [1.807, 2.05) is 43.0 Å². The summed E-state index contributed by atoms with van der Waals surface area (Å²) < 4.78 is 10.7. The lowest BCUT2D eigenvalue weighted by molar-refractivity contribution is -0.140. The molecule has 0 N–H and O–H groups in total. The lowest BCUT2D eigenvalue weighted by Crippen LogP contribution is -2.46. The lowest BCUT2D eigenvalue weighted by Gasteiger charge is -2.35. The molecular formula is C19H24ClN3O3. The van der Waals surface area contributed by atoms with E-state index in [-0.39, 0.29) is 11.8 Å². The number of rotatable bonds is 5. The molecular weight excluding hydrogens is 354 g/mol. The molecule has 0 radical (unpaired) electrons. The minimum Gasteiger partial charge on any atom is -0.497 e. The first-order valence-corrected chi connectivity index (χ1v) is 9.31. The summed E-state index contributed by atoms with van der Waals surface area (Å²) in [6, 6.07) is 7.52. The number of amides is 1. The Hall–Kier alpha value is -2.08. The average Bonchev–Trinajstić information content (AvgIpc) is 3.18. The monoisotopic (exact) mass is 377 g/mol. The minimum absolute atomic E-state index is 0.0540. The summed E-state index contributed by atoms with van der Waals surface area (Å²) in [4.78, 5) is 19.1. The van der Waals surface area contributed by atoms with Gasteiger partial charge < -0.3 is 14.2 Å². The number of benzene rings is 1. The zero-order valence-corrected chi connectivity index (χ0v) is 16.1. The van der Waals surface area contributed by atoms with Crippen molar-refractivity contribution in [1.29, 1.82) is 0 Å². The topological polar surface area (TPSA) is 68.5 Å². The van der Waals surface area contributed by atoms with Crippen LogP contribution in [0.1, 0.15) is 38.5 Å². The number of carbonyl (C=O) groups excluding carboxylic acids is 1. The van der Waals surface area contributed by atoms with Gasteiger partial charge in [-0.25, -0.2) is 0 Å². The molecule has 0 saturated carbocycles. The number of ether oxygens (including phenoxy) is 1. The Kier molecular flexibility index (Phi) is 5.51. The fourth-order valence-corrected chi connectivity index (χ4v) is 3.22. The Morgan fingerprint density at radius 3 is 2.77 bits per heavy atom. The highest BCUT2D eigenvalue weighted by molar-refractivity contribution is 6.19. The van der Waals surface area contributed by atoms with E-state index in [0.717, 1.165) is 30.7 Å². The van der Waals surface area contributed by atoms with Crippen LogP contribution in [0.15, 0.2) is 28.8 Å². The molecule has 2 aromatic rings. The van der Waals surface area contributed by atoms with Crippen molar-refractivity contribution in [1.82, 2.24) is 15.0 Å². The fourth-order valence-electron chi connectivity index (χ4n) is 3.11. The number of nitrogens with zero attached hydrogens (tertiary/aromatic N) is 3. The van der Waals surface area contributed by atoms with E-state index >= 15 is 0 Å². The molecule has 1 fully saturated rings. The van der Waals surface area contributed by atoms with E-state index in [4.69, 9.17) is 20.9 Å². The number of aromatic nitrogens is 2. The summed E-state index contributed by atoms with van der Waals surface area (Å²) in [6.45, 7) is 5.08. The molecule has 26 heavy (non-hydrogen) atoms. The molecule has 3 rings (SSSR count). The van der Waals surface area contributed by atoms with Crippen molar-refractivity contribution in [3.63, 3.8) is 0 Å². The third-order valence-electron chi connectivity index (χ3n) is 4.76. The second-order valence-electron chi connectivity index (χ2n) is 7.29. The first kappa shape index (κ1) is 18.7. The maximum absolute atomic E-state index is 12.7. The van der Waals surface area contributed by atoms with Crippen LogP contribution in [0, 0.1) is 5.41 Å². The van der Waals surface area contributed by atoms with E-state index in [9.17, 15) is 4.79 Å². The molecule has 1 atom stereocenters. The van der Waals surface area contributed by atoms with Crippen LogP contribution in [0.25, 0.3) is 11.4 Å². The first-order valence-electron chi connectivity index (χ1n) is 8.78. The molecule has 1 amide bonds. The van der Waals surface area contributed by atoms with Gasteiger partial charge in [-0.15, -0.1) is 11.6 Å². The minimum atomic E-state index is -0.563. The lowest BCUT2D eigenvalue weighted by atomic mass is 9.91. The summed E-state index contributed by atoms with van der Waals surface area (Å²) in [5.74, 6) is 2.34. The van der Waals surface area contributed by atoms with Crippen molar-refractivity contribution >= 4 is 17.5 Å². The Labute approximate surface area is 158 Å². The average molecular weight is 378 g/mol. The van der Waals surface area contributed by atoms with Gasteiger partial charge in [-0.2, -0.15) is 4.98 Å². The molecule has 0 aliphatic carbocycles. The first-order chi connectivity index (χ1) is 12.4. The molecule has 140 valence electrons. The molecule has 1 saturated heterocycles. The van der Waals surface area contributed by atoms with Gasteiger partial charge in [0.2, 0.25) is 17.6 Å². The molecule has 1 aromatic heterocycles. The molecule has 1 aromatic carbocycles. The number of hydrogen-bond acceptors (Lipinski definition) is 5. The van der Waals surface area contributed by atoms with Crippen LogP contribution in [0.5, 0.6) is 5.75 Å². The van der Waals surface area contributed by atoms with E-state index in [1.54, 1.807) is 7.11 Å². The molecule has 0 spiro atoms. The predicted molar refractivity (Wildman–Crippen MR) is 99.3 cm³/mol. The Balaban J connectivity index is 1.73. The predicted octanol–water partition coefficient (Wildman–Crippen LogP) is 3.72. The Bertz CT molecular complexity index is 758. The fraction of sp³-hybridized carbons (Fsp3) is 0.526. The highest BCUT2D eigenvalue weighted by Crippen LogP contribution is 2.31. The summed E-state index contributed by atoms with van der Waals surface area (Å²) >= 11 is 5.96. The number of piperidine rings is 1. The Morgan fingerprint density at radius 1 is 1.38 bits per heavy atom. The van der Waals surface area contributed by atoms with E-state index < -0.39 is 5.41 Å². The van der Waals surface area contributed by atoms with Crippen LogP contribution in [0.3, 0.4) is 0 Å². The summed E-state index contributed by atoms with van der Waals surface area (Å²) in [5.41, 5.74) is 0.305. The number of halogens is 1. The van der Waals surface area contributed by atoms with Crippen molar-refractivity contribution in [2.24, 2.45) is 5.41 Å². The van der Waals surface area contributed by atoms with Crippen molar-refractivity contribution in [2.75, 3.05) is 26.1 Å². The highest BCUT2D eigenvalue weighted by Gasteiger charge is 2.35. The molecule has 7 heteroatoms. The standard InChI is InChI=1S/C19H24ClN3O3/c1-19(2,12-20)18(24)23-10-4-5-14(11-23)17-21-16(22-26-17)13-6-8-15(25-3)9-7-13/h6-9,14H,4-5,10-12H2,1-3H3. The van der Waals surface area contributed by atoms with E-state index in [1.165, 1.54) is 0 Å². The van der Waals surface area contributed by atoms with Crippen LogP contribution in [-0.4, -0.2) is 47.0 Å². The zero-order valence-electron chi connectivity index (χ0n) is 15.4. The van der Waals surface area contributed by atoms with Gasteiger partial charge in [0.15, 0.2) is 0 Å². The quantitative estimate of drug-likeness (QED) is 0.743. The molecule has 1 unspecified atom stereocenters. The van der Waals surface area contributed by atoms with Crippen LogP contribution in [-0.2, 0) is 4.79 Å². The Morgan fingerprint density at radius 2 is 2.12 bits per heavy atom. The van der Waals surface area contributed by atoms with Crippen LogP contribution in [0.2, 0.25) is 0 Å². The summed E-state index contributed by atoms with van der Waals surface area (Å²) in [5, 5.41) is 4.10. The summed E-state index contributed by atoms with van der Waals surface area (Å²) in [7, 11) is 1.63. The number of hydrogen-bond donors (Lipinski definition) is 0. The number of alkyl halides is 1. The largest absolute Gasteiger partial charge is 0.497 e. The van der Waals surface area contributed by atoms with E-state index in [2.05, 4.69) is 10.1 Å².